The minimum atomic E-state index is -0.346. The van der Waals surface area contributed by atoms with Crippen LogP contribution in [0.1, 0.15) is 19.9 Å². The highest BCUT2D eigenvalue weighted by Crippen LogP contribution is 2.17. The summed E-state index contributed by atoms with van der Waals surface area (Å²) in [5, 5.41) is 6.90. The van der Waals surface area contributed by atoms with Crippen molar-refractivity contribution in [2.75, 3.05) is 11.9 Å². The molecule has 0 radical (unpaired) electrons. The lowest BCUT2D eigenvalue weighted by Gasteiger charge is -2.13. The van der Waals surface area contributed by atoms with E-state index >= 15 is 0 Å². The van der Waals surface area contributed by atoms with Crippen LogP contribution in [0, 0.1) is 0 Å². The molecule has 19 heavy (non-hydrogen) atoms. The molecular formula is C14H17N3O2. The van der Waals surface area contributed by atoms with Crippen molar-refractivity contribution in [2.45, 2.75) is 19.9 Å². The van der Waals surface area contributed by atoms with Gasteiger partial charge in [-0.3, -0.25) is 9.48 Å². The molecule has 0 aliphatic heterocycles. The third-order valence-corrected chi connectivity index (χ3v) is 2.73. The number of amides is 1. The number of carbonyl (C=O) groups excluding carboxylic acids is 1. The number of carbonyl (C=O) groups is 1. The Bertz CT molecular complexity index is 520. The number of hydrogen-bond acceptors (Lipinski definition) is 3. The molecular weight excluding hydrogens is 242 g/mol. The Morgan fingerprint density at radius 3 is 2.74 bits per heavy atom. The molecule has 1 atom stereocenters. The van der Waals surface area contributed by atoms with Crippen LogP contribution in [-0.2, 0) is 4.79 Å². The second-order valence-electron chi connectivity index (χ2n) is 4.11. The fourth-order valence-electron chi connectivity index (χ4n) is 1.68. The number of rotatable bonds is 5. The van der Waals surface area contributed by atoms with Crippen LogP contribution in [-0.4, -0.2) is 22.3 Å². The SMILES string of the molecule is CCOc1ccc(NC(=O)[C@H](C)n2cccn2)cc1. The molecule has 5 heteroatoms. The first-order valence-corrected chi connectivity index (χ1v) is 6.23. The second kappa shape index (κ2) is 6.04. The van der Waals surface area contributed by atoms with E-state index in [1.54, 1.807) is 30.1 Å². The molecule has 0 aliphatic rings. The van der Waals surface area contributed by atoms with Gasteiger partial charge in [0.05, 0.1) is 6.61 Å². The zero-order chi connectivity index (χ0) is 13.7. The number of nitrogens with one attached hydrogen (secondary N) is 1. The Labute approximate surface area is 112 Å². The van der Waals surface area contributed by atoms with E-state index in [0.717, 1.165) is 11.4 Å². The van der Waals surface area contributed by atoms with Crippen LogP contribution in [0.25, 0.3) is 0 Å². The summed E-state index contributed by atoms with van der Waals surface area (Å²) in [6.45, 7) is 4.36. The molecule has 1 aromatic carbocycles. The maximum atomic E-state index is 12.0. The van der Waals surface area contributed by atoms with E-state index < -0.39 is 0 Å². The van der Waals surface area contributed by atoms with Crippen LogP contribution in [0.15, 0.2) is 42.7 Å². The van der Waals surface area contributed by atoms with Crippen molar-refractivity contribution < 1.29 is 9.53 Å². The average molecular weight is 259 g/mol. The van der Waals surface area contributed by atoms with E-state index in [-0.39, 0.29) is 11.9 Å². The smallest absolute Gasteiger partial charge is 0.248 e. The van der Waals surface area contributed by atoms with Gasteiger partial charge < -0.3 is 10.1 Å². The predicted molar refractivity (Wildman–Crippen MR) is 73.2 cm³/mol. The first-order chi connectivity index (χ1) is 9.20. The van der Waals surface area contributed by atoms with Crippen molar-refractivity contribution in [2.24, 2.45) is 0 Å². The van der Waals surface area contributed by atoms with E-state index in [1.807, 2.05) is 31.2 Å². The minimum absolute atomic E-state index is 0.104. The van der Waals surface area contributed by atoms with Crippen molar-refractivity contribution in [3.8, 4) is 5.75 Å². The van der Waals surface area contributed by atoms with Gasteiger partial charge in [0.15, 0.2) is 0 Å². The first kappa shape index (κ1) is 13.1. The van der Waals surface area contributed by atoms with Gasteiger partial charge in [0.25, 0.3) is 0 Å². The van der Waals surface area contributed by atoms with Crippen LogP contribution in [0.2, 0.25) is 0 Å². The van der Waals surface area contributed by atoms with Crippen molar-refractivity contribution in [1.82, 2.24) is 9.78 Å². The van der Waals surface area contributed by atoms with Gasteiger partial charge in [-0.2, -0.15) is 5.10 Å². The summed E-state index contributed by atoms with van der Waals surface area (Å²) >= 11 is 0. The maximum absolute atomic E-state index is 12.0. The molecule has 0 aliphatic carbocycles. The van der Waals surface area contributed by atoms with Crippen molar-refractivity contribution >= 4 is 11.6 Å². The van der Waals surface area contributed by atoms with Crippen LogP contribution in [0.3, 0.4) is 0 Å². The fourth-order valence-corrected chi connectivity index (χ4v) is 1.68. The lowest BCUT2D eigenvalue weighted by Crippen LogP contribution is -2.23. The molecule has 1 N–H and O–H groups in total. The van der Waals surface area contributed by atoms with Crippen LogP contribution >= 0.6 is 0 Å². The lowest BCUT2D eigenvalue weighted by atomic mass is 10.2. The summed E-state index contributed by atoms with van der Waals surface area (Å²) in [7, 11) is 0. The molecule has 0 saturated heterocycles. The van der Waals surface area contributed by atoms with E-state index in [1.165, 1.54) is 0 Å². The van der Waals surface area contributed by atoms with Gasteiger partial charge in [0.2, 0.25) is 5.91 Å². The number of hydrogen-bond donors (Lipinski definition) is 1. The molecule has 100 valence electrons. The van der Waals surface area contributed by atoms with E-state index in [2.05, 4.69) is 10.4 Å². The number of benzene rings is 1. The Kier molecular flexibility index (Phi) is 4.18. The molecule has 2 aromatic rings. The standard InChI is InChI=1S/C14H17N3O2/c1-3-19-13-7-5-12(6-8-13)16-14(18)11(2)17-10-4-9-15-17/h4-11H,3H2,1-2H3,(H,16,18)/t11-/m0/s1. The number of ether oxygens (including phenoxy) is 1. The third kappa shape index (κ3) is 3.34. The van der Waals surface area contributed by atoms with E-state index in [0.29, 0.717) is 6.61 Å². The summed E-state index contributed by atoms with van der Waals surface area (Å²) < 4.78 is 6.96. The van der Waals surface area contributed by atoms with Crippen LogP contribution in [0.4, 0.5) is 5.69 Å². The van der Waals surface area contributed by atoms with Gasteiger partial charge >= 0.3 is 0 Å². The summed E-state index contributed by atoms with van der Waals surface area (Å²) in [4.78, 5) is 12.0. The summed E-state index contributed by atoms with van der Waals surface area (Å²) in [6.07, 6.45) is 3.42. The minimum Gasteiger partial charge on any atom is -0.494 e. The van der Waals surface area contributed by atoms with Gasteiger partial charge in [-0.25, -0.2) is 0 Å². The van der Waals surface area contributed by atoms with Crippen molar-refractivity contribution in [1.29, 1.82) is 0 Å². The largest absolute Gasteiger partial charge is 0.494 e. The predicted octanol–water partition coefficient (Wildman–Crippen LogP) is 2.48. The Balaban J connectivity index is 1.98. The van der Waals surface area contributed by atoms with Crippen LogP contribution in [0.5, 0.6) is 5.75 Å². The monoisotopic (exact) mass is 259 g/mol. The molecule has 0 saturated carbocycles. The lowest BCUT2D eigenvalue weighted by molar-refractivity contribution is -0.119. The molecule has 1 aromatic heterocycles. The zero-order valence-corrected chi connectivity index (χ0v) is 11.0. The Morgan fingerprint density at radius 1 is 1.42 bits per heavy atom. The van der Waals surface area contributed by atoms with Gasteiger partial charge in [-0.05, 0) is 44.2 Å². The van der Waals surface area contributed by atoms with E-state index in [9.17, 15) is 4.79 Å². The average Bonchev–Trinajstić information content (AvgIpc) is 2.94. The quantitative estimate of drug-likeness (QED) is 0.897. The highest BCUT2D eigenvalue weighted by molar-refractivity contribution is 5.93. The molecule has 1 heterocycles. The Hall–Kier alpha value is -2.30. The van der Waals surface area contributed by atoms with Gasteiger partial charge in [-0.15, -0.1) is 0 Å². The highest BCUT2D eigenvalue weighted by atomic mass is 16.5. The third-order valence-electron chi connectivity index (χ3n) is 2.73. The number of anilines is 1. The number of nitrogens with zero attached hydrogens (tertiary/aromatic N) is 2. The second-order valence-corrected chi connectivity index (χ2v) is 4.11. The van der Waals surface area contributed by atoms with Gasteiger partial charge in [0.1, 0.15) is 11.8 Å². The molecule has 0 spiro atoms. The van der Waals surface area contributed by atoms with Crippen molar-refractivity contribution in [3.05, 3.63) is 42.7 Å². The van der Waals surface area contributed by atoms with Crippen molar-refractivity contribution in [3.63, 3.8) is 0 Å². The fraction of sp³-hybridized carbons (Fsp3) is 0.286. The van der Waals surface area contributed by atoms with Gasteiger partial charge in [0, 0.05) is 18.1 Å². The molecule has 0 fully saturated rings. The maximum Gasteiger partial charge on any atom is 0.248 e. The molecule has 5 nitrogen and oxygen atoms in total. The zero-order valence-electron chi connectivity index (χ0n) is 11.0. The number of aromatic nitrogens is 2. The molecule has 2 rings (SSSR count). The summed E-state index contributed by atoms with van der Waals surface area (Å²) in [6, 6.07) is 8.74. The van der Waals surface area contributed by atoms with E-state index in [4.69, 9.17) is 4.74 Å². The van der Waals surface area contributed by atoms with Gasteiger partial charge in [-0.1, -0.05) is 0 Å². The molecule has 0 bridgehead atoms. The summed E-state index contributed by atoms with van der Waals surface area (Å²) in [5.74, 6) is 0.688. The van der Waals surface area contributed by atoms with Crippen LogP contribution < -0.4 is 10.1 Å². The molecule has 1 amide bonds. The summed E-state index contributed by atoms with van der Waals surface area (Å²) in [5.41, 5.74) is 0.743. The highest BCUT2D eigenvalue weighted by Gasteiger charge is 2.14. The molecule has 0 unspecified atom stereocenters. The Morgan fingerprint density at radius 2 is 2.16 bits per heavy atom. The first-order valence-electron chi connectivity index (χ1n) is 6.23. The topological polar surface area (TPSA) is 56.1 Å². The normalized spacial score (nSPS) is 11.9.